The summed E-state index contributed by atoms with van der Waals surface area (Å²) in [7, 11) is -3.04. The van der Waals surface area contributed by atoms with Crippen LogP contribution in [-0.2, 0) is 9.84 Å². The lowest BCUT2D eigenvalue weighted by Crippen LogP contribution is -2.09. The van der Waals surface area contributed by atoms with E-state index in [-0.39, 0.29) is 11.0 Å². The third-order valence-electron chi connectivity index (χ3n) is 1.48. The van der Waals surface area contributed by atoms with Gasteiger partial charge in [0.15, 0.2) is 9.84 Å². The molecule has 0 saturated carbocycles. The quantitative estimate of drug-likeness (QED) is 0.559. The van der Waals surface area contributed by atoms with Crippen molar-refractivity contribution < 1.29 is 8.42 Å². The Labute approximate surface area is 83.9 Å². The number of nitriles is 1. The third-order valence-corrected chi connectivity index (χ3v) is 4.66. The molecule has 1 heterocycles. The average molecular weight is 268 g/mol. The van der Waals surface area contributed by atoms with Crippen LogP contribution in [0.15, 0.2) is 11.0 Å². The Kier molecular flexibility index (Phi) is 3.21. The van der Waals surface area contributed by atoms with Gasteiger partial charge >= 0.3 is 0 Å². The predicted molar refractivity (Wildman–Crippen MR) is 52.7 cm³/mol. The third kappa shape index (κ3) is 2.25. The number of rotatable bonds is 2. The summed E-state index contributed by atoms with van der Waals surface area (Å²) in [6.45, 7) is 0. The van der Waals surface area contributed by atoms with Crippen LogP contribution in [0.25, 0.3) is 0 Å². The summed E-state index contributed by atoms with van der Waals surface area (Å²) >= 11 is 4.18. The zero-order valence-corrected chi connectivity index (χ0v) is 9.25. The fraction of sp³-hybridized carbons (Fsp3) is 0.500. The van der Waals surface area contributed by atoms with E-state index < -0.39 is 9.84 Å². The Morgan fingerprint density at radius 2 is 2.50 bits per heavy atom. The van der Waals surface area contributed by atoms with Gasteiger partial charge in [0, 0.05) is 10.7 Å². The summed E-state index contributed by atoms with van der Waals surface area (Å²) in [6, 6.07) is 0. The zero-order chi connectivity index (χ0) is 9.19. The smallest absolute Gasteiger partial charge is 0.173 e. The van der Waals surface area contributed by atoms with Crippen molar-refractivity contribution in [1.29, 1.82) is 5.26 Å². The summed E-state index contributed by atoms with van der Waals surface area (Å²) in [5, 5.41) is 11.9. The van der Waals surface area contributed by atoms with Gasteiger partial charge < -0.3 is 0 Å². The minimum absolute atomic E-state index is 0.0617. The highest BCUT2D eigenvalue weighted by Crippen LogP contribution is 2.28. The van der Waals surface area contributed by atoms with Crippen molar-refractivity contribution in [2.45, 2.75) is 5.25 Å². The van der Waals surface area contributed by atoms with Gasteiger partial charge in [0.2, 0.25) is 0 Å². The molecule has 0 aromatic carbocycles. The Bertz CT molecular complexity index is 341. The van der Waals surface area contributed by atoms with Gasteiger partial charge in [0.05, 0.1) is 11.0 Å². The first kappa shape index (κ1) is 10.1. The van der Waals surface area contributed by atoms with Gasteiger partial charge in [-0.3, -0.25) is 0 Å². The largest absolute Gasteiger partial charge is 0.224 e. The normalized spacial score (nSPS) is 26.3. The molecule has 0 radical (unpaired) electrons. The number of hydrogen-bond acceptors (Lipinski definition) is 4. The van der Waals surface area contributed by atoms with Crippen LogP contribution >= 0.6 is 27.7 Å². The number of thioether (sulfide) groups is 1. The monoisotopic (exact) mass is 267 g/mol. The van der Waals surface area contributed by atoms with E-state index in [1.165, 1.54) is 5.41 Å². The fourth-order valence-corrected chi connectivity index (χ4v) is 4.74. The molecule has 1 aliphatic rings. The van der Waals surface area contributed by atoms with Gasteiger partial charge in [-0.1, -0.05) is 15.9 Å². The van der Waals surface area contributed by atoms with E-state index in [2.05, 4.69) is 15.9 Å². The highest BCUT2D eigenvalue weighted by Gasteiger charge is 2.29. The molecule has 3 nitrogen and oxygen atoms in total. The van der Waals surface area contributed by atoms with E-state index in [4.69, 9.17) is 5.26 Å². The Balaban J connectivity index is 2.86. The van der Waals surface area contributed by atoms with Gasteiger partial charge in [-0.2, -0.15) is 5.26 Å². The number of halogens is 1. The topological polar surface area (TPSA) is 57.9 Å². The van der Waals surface area contributed by atoms with Crippen molar-refractivity contribution >= 4 is 37.5 Å². The van der Waals surface area contributed by atoms with Gasteiger partial charge in [0.1, 0.15) is 5.40 Å². The molecule has 66 valence electrons. The van der Waals surface area contributed by atoms with E-state index in [1.807, 2.05) is 5.40 Å². The van der Waals surface area contributed by atoms with Crippen LogP contribution in [0.2, 0.25) is 0 Å². The van der Waals surface area contributed by atoms with Crippen molar-refractivity contribution in [3.63, 3.8) is 0 Å². The lowest BCUT2D eigenvalue weighted by Gasteiger charge is -2.03. The Morgan fingerprint density at radius 1 is 1.83 bits per heavy atom. The van der Waals surface area contributed by atoms with Crippen LogP contribution in [0.1, 0.15) is 0 Å². The molecule has 0 N–H and O–H groups in total. The predicted octanol–water partition coefficient (Wildman–Crippen LogP) is 1.28. The van der Waals surface area contributed by atoms with E-state index in [9.17, 15) is 8.42 Å². The summed E-state index contributed by atoms with van der Waals surface area (Å²) < 4.78 is 22.1. The van der Waals surface area contributed by atoms with Gasteiger partial charge in [-0.05, 0) is 17.3 Å². The van der Waals surface area contributed by atoms with E-state index in [1.54, 1.807) is 0 Å². The molecule has 6 heteroatoms. The summed E-state index contributed by atoms with van der Waals surface area (Å²) in [4.78, 5) is 0. The van der Waals surface area contributed by atoms with Crippen LogP contribution in [0.3, 0.4) is 0 Å². The van der Waals surface area contributed by atoms with Crippen molar-refractivity contribution in [1.82, 2.24) is 0 Å². The molecule has 0 spiro atoms. The van der Waals surface area contributed by atoms with E-state index in [0.717, 1.165) is 17.3 Å². The number of sulfone groups is 1. The first-order chi connectivity index (χ1) is 5.59. The second kappa shape index (κ2) is 3.81. The molecule has 0 aromatic heterocycles. The fourth-order valence-electron chi connectivity index (χ4n) is 0.964. The highest BCUT2D eigenvalue weighted by atomic mass is 79.9. The van der Waals surface area contributed by atoms with Crippen LogP contribution in [0.4, 0.5) is 0 Å². The first-order valence-electron chi connectivity index (χ1n) is 3.13. The molecular formula is C6H6BrNO2S2. The molecule has 0 aromatic rings. The highest BCUT2D eigenvalue weighted by molar-refractivity contribution is 9.09. The number of nitrogens with zero attached hydrogens (tertiary/aromatic N) is 1. The molecule has 1 atom stereocenters. The molecule has 1 aliphatic heterocycles. The summed E-state index contributed by atoms with van der Waals surface area (Å²) in [6.07, 6.45) is 0. The summed E-state index contributed by atoms with van der Waals surface area (Å²) in [5.41, 5.74) is 0.779. The Morgan fingerprint density at radius 3 is 3.00 bits per heavy atom. The minimum Gasteiger partial charge on any atom is -0.224 e. The van der Waals surface area contributed by atoms with Crippen LogP contribution in [0, 0.1) is 10.7 Å². The maximum absolute atomic E-state index is 11.1. The van der Waals surface area contributed by atoms with Crippen molar-refractivity contribution in [3.8, 4) is 5.40 Å². The molecule has 1 rings (SSSR count). The molecule has 0 aliphatic carbocycles. The first-order valence-corrected chi connectivity index (χ1v) is 6.84. The van der Waals surface area contributed by atoms with Crippen molar-refractivity contribution in [2.75, 3.05) is 11.1 Å². The molecular weight excluding hydrogens is 262 g/mol. The zero-order valence-electron chi connectivity index (χ0n) is 6.03. The van der Waals surface area contributed by atoms with Crippen molar-refractivity contribution in [3.05, 3.63) is 11.0 Å². The molecule has 0 fully saturated rings. The average Bonchev–Trinajstić information content (AvgIpc) is 2.26. The van der Waals surface area contributed by atoms with Crippen LogP contribution < -0.4 is 0 Å². The molecule has 12 heavy (non-hydrogen) atoms. The van der Waals surface area contributed by atoms with Crippen LogP contribution in [-0.4, -0.2) is 24.8 Å². The SMILES string of the molecule is N#CSC1CS(=O)(=O)C=C1CBr. The van der Waals surface area contributed by atoms with E-state index in [0.29, 0.717) is 5.33 Å². The second-order valence-electron chi connectivity index (χ2n) is 2.35. The maximum atomic E-state index is 11.1. The van der Waals surface area contributed by atoms with Gasteiger partial charge in [-0.25, -0.2) is 8.42 Å². The molecule has 0 amide bonds. The molecule has 0 bridgehead atoms. The lowest BCUT2D eigenvalue weighted by molar-refractivity contribution is 0.606. The second-order valence-corrected chi connectivity index (χ2v) is 5.80. The minimum atomic E-state index is -3.04. The van der Waals surface area contributed by atoms with Crippen molar-refractivity contribution in [2.24, 2.45) is 0 Å². The van der Waals surface area contributed by atoms with Gasteiger partial charge in [-0.15, -0.1) is 0 Å². The number of hydrogen-bond donors (Lipinski definition) is 0. The molecule has 1 unspecified atom stereocenters. The summed E-state index contributed by atoms with van der Waals surface area (Å²) in [5.74, 6) is 0.0617. The van der Waals surface area contributed by atoms with Crippen LogP contribution in [0.5, 0.6) is 0 Å². The standard InChI is InChI=1S/C6H6BrNO2S2/c7-1-5-2-12(9,10)3-6(5)11-4-8/h2,6H,1,3H2. The lowest BCUT2D eigenvalue weighted by atomic mass is 10.3. The maximum Gasteiger partial charge on any atom is 0.173 e. The van der Waals surface area contributed by atoms with E-state index >= 15 is 0 Å². The van der Waals surface area contributed by atoms with Gasteiger partial charge in [0.25, 0.3) is 0 Å². The Hall–Kier alpha value is 0.01000. The molecule has 0 saturated heterocycles. The number of thiocyanates is 1. The number of alkyl halides is 1.